The van der Waals surface area contributed by atoms with Crippen LogP contribution in [0.4, 0.5) is 0 Å². The first kappa shape index (κ1) is 30.7. The summed E-state index contributed by atoms with van der Waals surface area (Å²) in [5.74, 6) is 0.708. The Hall–Kier alpha value is -1.57. The molecule has 0 fully saturated rings. The minimum atomic E-state index is 0.604. The second-order valence-electron chi connectivity index (χ2n) is 11.3. The Morgan fingerprint density at radius 2 is 1.14 bits per heavy atom. The lowest BCUT2D eigenvalue weighted by Gasteiger charge is -2.25. The summed E-state index contributed by atoms with van der Waals surface area (Å²) in [7, 11) is 0. The lowest BCUT2D eigenvalue weighted by molar-refractivity contribution is -0.730. The van der Waals surface area contributed by atoms with Gasteiger partial charge in [0, 0.05) is 5.92 Å². The predicted molar refractivity (Wildman–Crippen MR) is 157 cm³/mol. The van der Waals surface area contributed by atoms with Crippen molar-refractivity contribution in [3.8, 4) is 0 Å². The number of imidazole rings is 1. The molecule has 2 heteroatoms. The van der Waals surface area contributed by atoms with Crippen LogP contribution < -0.4 is 4.57 Å². The highest BCUT2D eigenvalue weighted by Gasteiger charge is 2.26. The topological polar surface area (TPSA) is 19.7 Å². The van der Waals surface area contributed by atoms with E-state index in [0.717, 1.165) is 0 Å². The quantitative estimate of drug-likeness (QED) is 0.110. The molecule has 36 heavy (non-hydrogen) atoms. The number of nitrogens with zero attached hydrogens (tertiary/aromatic N) is 1. The van der Waals surface area contributed by atoms with E-state index in [9.17, 15) is 0 Å². The van der Waals surface area contributed by atoms with Crippen LogP contribution >= 0.6 is 0 Å². The van der Waals surface area contributed by atoms with Crippen LogP contribution in [0.15, 0.2) is 49.1 Å². The molecule has 0 aliphatic rings. The average molecular weight is 496 g/mol. The molecule has 1 heterocycles. The highest BCUT2D eigenvalue weighted by atomic mass is 15.1. The molecule has 2 rings (SSSR count). The van der Waals surface area contributed by atoms with Gasteiger partial charge in [-0.2, -0.15) is 0 Å². The Labute approximate surface area is 224 Å². The van der Waals surface area contributed by atoms with Gasteiger partial charge in [-0.1, -0.05) is 153 Å². The number of unbranched alkanes of at least 4 members (excludes halogenated alkanes) is 16. The van der Waals surface area contributed by atoms with Gasteiger partial charge < -0.3 is 0 Å². The highest BCUT2D eigenvalue weighted by molar-refractivity contribution is 5.15. The van der Waals surface area contributed by atoms with Crippen LogP contribution in [0.5, 0.6) is 0 Å². The van der Waals surface area contributed by atoms with Crippen LogP contribution in [0.2, 0.25) is 0 Å². The van der Waals surface area contributed by atoms with E-state index in [-0.39, 0.29) is 0 Å². The molecule has 2 unspecified atom stereocenters. The third-order valence-electron chi connectivity index (χ3n) is 8.10. The predicted octanol–water partition coefficient (Wildman–Crippen LogP) is 10.5. The number of aromatic amines is 1. The van der Waals surface area contributed by atoms with Crippen molar-refractivity contribution in [3.05, 3.63) is 54.6 Å². The van der Waals surface area contributed by atoms with Crippen molar-refractivity contribution in [1.82, 2.24) is 4.98 Å². The molecular formula is C34H59N2+. The summed E-state index contributed by atoms with van der Waals surface area (Å²) in [6.07, 6.45) is 36.0. The molecule has 1 aromatic carbocycles. The summed E-state index contributed by atoms with van der Waals surface area (Å²) >= 11 is 0. The largest absolute Gasteiger partial charge is 0.250 e. The van der Waals surface area contributed by atoms with Gasteiger partial charge in [-0.3, -0.25) is 4.98 Å². The fourth-order valence-electron chi connectivity index (χ4n) is 5.93. The lowest BCUT2D eigenvalue weighted by Crippen LogP contribution is -2.42. The van der Waals surface area contributed by atoms with Crippen LogP contribution in [0.1, 0.15) is 154 Å². The maximum absolute atomic E-state index is 3.29. The summed E-state index contributed by atoms with van der Waals surface area (Å²) in [6, 6.07) is 11.7. The van der Waals surface area contributed by atoms with Crippen molar-refractivity contribution < 1.29 is 4.57 Å². The van der Waals surface area contributed by atoms with E-state index in [2.05, 4.69) is 72.5 Å². The van der Waals surface area contributed by atoms with Gasteiger partial charge in [0.25, 0.3) is 0 Å². The smallest absolute Gasteiger partial charge is 0.241 e. The summed E-state index contributed by atoms with van der Waals surface area (Å²) in [5, 5.41) is 0. The molecule has 0 radical (unpaired) electrons. The monoisotopic (exact) mass is 495 g/mol. The molecule has 2 atom stereocenters. The van der Waals surface area contributed by atoms with Gasteiger partial charge >= 0.3 is 0 Å². The van der Waals surface area contributed by atoms with Crippen molar-refractivity contribution in [2.45, 2.75) is 155 Å². The van der Waals surface area contributed by atoms with Gasteiger partial charge in [0.15, 0.2) is 0 Å². The van der Waals surface area contributed by atoms with Gasteiger partial charge in [0.05, 0.1) is 0 Å². The molecule has 0 saturated heterocycles. The standard InChI is InChI=1S/C34H58N2/c1-3-5-6-7-8-9-10-11-12-13-14-15-16-17-18-19-23-27-34(36-29-28-35-31-36)33(24-4-2)30-32-25-21-20-22-26-32/h20-22,25-26,28-29,31,33-34H,3-19,23-24,27,30H2,1-2H3/p+1. The van der Waals surface area contributed by atoms with Crippen LogP contribution in [0.3, 0.4) is 0 Å². The SMILES string of the molecule is CCCCCCCCCCCCCCCCCCCC(C(CCC)Cc1ccccc1)[n+]1cc[nH]c1. The second-order valence-corrected chi connectivity index (χ2v) is 11.3. The number of aromatic nitrogens is 2. The number of rotatable bonds is 24. The first-order valence-electron chi connectivity index (χ1n) is 15.9. The van der Waals surface area contributed by atoms with Crippen molar-refractivity contribution in [1.29, 1.82) is 0 Å². The molecule has 2 aromatic rings. The Morgan fingerprint density at radius 1 is 0.611 bits per heavy atom. The third kappa shape index (κ3) is 14.2. The maximum Gasteiger partial charge on any atom is 0.241 e. The molecule has 1 aromatic heterocycles. The Bertz CT molecular complexity index is 693. The van der Waals surface area contributed by atoms with Crippen molar-refractivity contribution in [3.63, 3.8) is 0 Å². The molecule has 1 N–H and O–H groups in total. The Balaban J connectivity index is 1.53. The zero-order chi connectivity index (χ0) is 25.5. The first-order chi connectivity index (χ1) is 17.8. The summed E-state index contributed by atoms with van der Waals surface area (Å²) in [6.45, 7) is 4.64. The Morgan fingerprint density at radius 3 is 1.61 bits per heavy atom. The number of nitrogens with one attached hydrogen (secondary N) is 1. The van der Waals surface area contributed by atoms with E-state index in [4.69, 9.17) is 0 Å². The first-order valence-corrected chi connectivity index (χ1v) is 15.9. The van der Waals surface area contributed by atoms with Crippen LogP contribution in [0.25, 0.3) is 0 Å². The van der Waals surface area contributed by atoms with Gasteiger partial charge in [0.2, 0.25) is 6.33 Å². The van der Waals surface area contributed by atoms with Gasteiger partial charge in [-0.25, -0.2) is 4.57 Å². The normalized spacial score (nSPS) is 13.2. The number of hydrogen-bond donors (Lipinski definition) is 1. The van der Waals surface area contributed by atoms with Crippen LogP contribution in [-0.4, -0.2) is 4.98 Å². The molecule has 0 aliphatic heterocycles. The van der Waals surface area contributed by atoms with E-state index in [1.807, 2.05) is 0 Å². The fourth-order valence-corrected chi connectivity index (χ4v) is 5.93. The number of hydrogen-bond acceptors (Lipinski definition) is 0. The molecule has 0 amide bonds. The molecule has 204 valence electrons. The summed E-state index contributed by atoms with van der Waals surface area (Å²) in [5.41, 5.74) is 1.49. The van der Waals surface area contributed by atoms with Gasteiger partial charge in [0.1, 0.15) is 18.4 Å². The van der Waals surface area contributed by atoms with Crippen LogP contribution in [-0.2, 0) is 6.42 Å². The van der Waals surface area contributed by atoms with Crippen LogP contribution in [0, 0.1) is 5.92 Å². The van der Waals surface area contributed by atoms with Crippen molar-refractivity contribution in [2.24, 2.45) is 5.92 Å². The minimum absolute atomic E-state index is 0.604. The van der Waals surface area contributed by atoms with E-state index in [0.29, 0.717) is 12.0 Å². The van der Waals surface area contributed by atoms with E-state index < -0.39 is 0 Å². The molecule has 0 spiro atoms. The number of benzene rings is 1. The molecular weight excluding hydrogens is 436 g/mol. The summed E-state index contributed by atoms with van der Waals surface area (Å²) < 4.78 is 2.45. The van der Waals surface area contributed by atoms with Gasteiger partial charge in [-0.15, -0.1) is 0 Å². The zero-order valence-corrected chi connectivity index (χ0v) is 24.1. The lowest BCUT2D eigenvalue weighted by atomic mass is 9.85. The number of H-pyrrole nitrogens is 1. The molecule has 0 saturated carbocycles. The third-order valence-corrected chi connectivity index (χ3v) is 8.10. The maximum atomic E-state index is 3.29. The molecule has 0 bridgehead atoms. The molecule has 0 aliphatic carbocycles. The van der Waals surface area contributed by atoms with Gasteiger partial charge in [-0.05, 0) is 31.2 Å². The van der Waals surface area contributed by atoms with E-state index in [1.165, 1.54) is 140 Å². The minimum Gasteiger partial charge on any atom is -0.250 e. The second kappa shape index (κ2) is 21.5. The zero-order valence-electron chi connectivity index (χ0n) is 24.1. The van der Waals surface area contributed by atoms with E-state index in [1.54, 1.807) is 0 Å². The molecule has 2 nitrogen and oxygen atoms in total. The van der Waals surface area contributed by atoms with Crippen molar-refractivity contribution >= 4 is 0 Å². The van der Waals surface area contributed by atoms with Crippen molar-refractivity contribution in [2.75, 3.05) is 0 Å². The van der Waals surface area contributed by atoms with E-state index >= 15 is 0 Å². The fraction of sp³-hybridized carbons (Fsp3) is 0.735. The highest BCUT2D eigenvalue weighted by Crippen LogP contribution is 2.28. The Kier molecular flexibility index (Phi) is 18.3. The average Bonchev–Trinajstić information content (AvgIpc) is 3.43. The summed E-state index contributed by atoms with van der Waals surface area (Å²) in [4.78, 5) is 3.29.